The summed E-state index contributed by atoms with van der Waals surface area (Å²) in [5.41, 5.74) is 0.923. The third kappa shape index (κ3) is 3.33. The number of hydrogen-bond donors (Lipinski definition) is 1. The minimum Gasteiger partial charge on any atom is -0.381 e. The average molecular weight is 392 g/mol. The van der Waals surface area contributed by atoms with Crippen molar-refractivity contribution >= 4 is 17.2 Å². The molecule has 7 heteroatoms. The van der Waals surface area contributed by atoms with Crippen LogP contribution in [0.25, 0.3) is 0 Å². The van der Waals surface area contributed by atoms with Crippen molar-refractivity contribution in [2.45, 2.75) is 56.8 Å². The lowest BCUT2D eigenvalue weighted by Gasteiger charge is -2.32. The van der Waals surface area contributed by atoms with Gasteiger partial charge in [0.25, 0.3) is 0 Å². The third-order valence-corrected chi connectivity index (χ3v) is 7.88. The first-order valence-corrected chi connectivity index (χ1v) is 11.2. The van der Waals surface area contributed by atoms with Crippen LogP contribution in [0.1, 0.15) is 36.4 Å². The van der Waals surface area contributed by atoms with E-state index < -0.39 is 0 Å². The Bertz CT molecular complexity index is 704. The Kier molecular flexibility index (Phi) is 4.74. The Morgan fingerprint density at radius 1 is 1.41 bits per heavy atom. The molecule has 148 valence electrons. The van der Waals surface area contributed by atoms with E-state index in [-0.39, 0.29) is 11.5 Å². The quantitative estimate of drug-likeness (QED) is 0.829. The van der Waals surface area contributed by atoms with Crippen molar-refractivity contribution in [3.8, 4) is 0 Å². The molecule has 0 aromatic carbocycles. The van der Waals surface area contributed by atoms with E-state index in [1.54, 1.807) is 11.3 Å². The largest absolute Gasteiger partial charge is 0.381 e. The number of nitrogens with zero attached hydrogens (tertiary/aromatic N) is 2. The molecule has 0 radical (unpaired) electrons. The highest BCUT2D eigenvalue weighted by Crippen LogP contribution is 2.55. The van der Waals surface area contributed by atoms with Gasteiger partial charge in [0, 0.05) is 56.1 Å². The van der Waals surface area contributed by atoms with Crippen molar-refractivity contribution in [2.75, 3.05) is 32.8 Å². The molecule has 5 heterocycles. The standard InChI is InChI=1S/C20H29N3O3S/c1-13-22-14(11-27-13)8-19(24)21-9-16-17-10-23(15-3-6-25-7-4-15)12-20(17)5-2-18(16)26-20/h11,15-18H,2-10,12H2,1H3,(H,21,24)/t16-,17+,18+,20+/m0/s1. The molecule has 27 heavy (non-hydrogen) atoms. The van der Waals surface area contributed by atoms with E-state index >= 15 is 0 Å². The predicted molar refractivity (Wildman–Crippen MR) is 103 cm³/mol. The van der Waals surface area contributed by atoms with Crippen molar-refractivity contribution in [1.82, 2.24) is 15.2 Å². The van der Waals surface area contributed by atoms with Gasteiger partial charge in [-0.1, -0.05) is 0 Å². The summed E-state index contributed by atoms with van der Waals surface area (Å²) in [6.45, 7) is 6.67. The van der Waals surface area contributed by atoms with E-state index in [0.29, 0.717) is 30.4 Å². The first kappa shape index (κ1) is 18.0. The van der Waals surface area contributed by atoms with Crippen LogP contribution >= 0.6 is 11.3 Å². The van der Waals surface area contributed by atoms with Crippen LogP contribution < -0.4 is 5.32 Å². The Labute approximate surface area is 164 Å². The zero-order valence-electron chi connectivity index (χ0n) is 16.0. The first-order chi connectivity index (χ1) is 13.1. The molecule has 0 saturated carbocycles. The molecule has 4 fully saturated rings. The predicted octanol–water partition coefficient (Wildman–Crippen LogP) is 1.77. The summed E-state index contributed by atoms with van der Waals surface area (Å²) in [5.74, 6) is 1.09. The molecule has 1 aromatic rings. The highest BCUT2D eigenvalue weighted by molar-refractivity contribution is 7.09. The molecule has 2 bridgehead atoms. The molecule has 4 aliphatic heterocycles. The number of aryl methyl sites for hydroxylation is 1. The SMILES string of the molecule is Cc1nc(CC(=O)NC[C@H]2[C@H]3CN(C4CCOCC4)C[C@]34CC[C@H]2O4)cs1. The van der Waals surface area contributed by atoms with Crippen LogP contribution in [-0.2, 0) is 20.7 Å². The van der Waals surface area contributed by atoms with Crippen LogP contribution in [-0.4, -0.2) is 66.4 Å². The molecule has 0 unspecified atom stereocenters. The number of thiazole rings is 1. The fraction of sp³-hybridized carbons (Fsp3) is 0.800. The summed E-state index contributed by atoms with van der Waals surface area (Å²) in [4.78, 5) is 19.4. The fourth-order valence-electron chi connectivity index (χ4n) is 5.78. The summed E-state index contributed by atoms with van der Waals surface area (Å²) in [6.07, 6.45) is 5.32. The molecular formula is C20H29N3O3S. The van der Waals surface area contributed by atoms with Gasteiger partial charge in [0.1, 0.15) is 0 Å². The number of nitrogens with one attached hydrogen (secondary N) is 1. The Morgan fingerprint density at radius 3 is 3.04 bits per heavy atom. The van der Waals surface area contributed by atoms with Crippen LogP contribution in [0.2, 0.25) is 0 Å². The highest BCUT2D eigenvalue weighted by atomic mass is 32.1. The molecule has 1 aromatic heterocycles. The number of likely N-dealkylation sites (tertiary alicyclic amines) is 1. The van der Waals surface area contributed by atoms with E-state index in [9.17, 15) is 4.79 Å². The number of amides is 1. The summed E-state index contributed by atoms with van der Waals surface area (Å²) in [7, 11) is 0. The molecule has 4 saturated heterocycles. The minimum atomic E-state index is 0.0460. The zero-order valence-corrected chi connectivity index (χ0v) is 16.8. The van der Waals surface area contributed by atoms with Crippen LogP contribution in [0.3, 0.4) is 0 Å². The van der Waals surface area contributed by atoms with Crippen LogP contribution in [0.5, 0.6) is 0 Å². The number of carbonyl (C=O) groups excluding carboxylic acids is 1. The molecular weight excluding hydrogens is 362 g/mol. The second-order valence-corrected chi connectivity index (χ2v) is 9.70. The van der Waals surface area contributed by atoms with Crippen LogP contribution in [0.15, 0.2) is 5.38 Å². The molecule has 0 aliphatic carbocycles. The second kappa shape index (κ2) is 7.10. The number of aromatic nitrogens is 1. The van der Waals surface area contributed by atoms with Crippen molar-refractivity contribution in [1.29, 1.82) is 0 Å². The highest BCUT2D eigenvalue weighted by Gasteiger charge is 2.63. The zero-order chi connectivity index (χ0) is 18.4. The number of carbonyl (C=O) groups is 1. The molecule has 4 atom stereocenters. The molecule has 4 aliphatic rings. The maximum absolute atomic E-state index is 12.4. The average Bonchev–Trinajstić information content (AvgIpc) is 3.41. The number of ether oxygens (including phenoxy) is 2. The van der Waals surface area contributed by atoms with Crippen molar-refractivity contribution in [3.63, 3.8) is 0 Å². The number of fused-ring (bicyclic) bond motifs is 1. The third-order valence-electron chi connectivity index (χ3n) is 7.06. The summed E-state index contributed by atoms with van der Waals surface area (Å²) >= 11 is 1.60. The van der Waals surface area contributed by atoms with Crippen LogP contribution in [0.4, 0.5) is 0 Å². The fourth-order valence-corrected chi connectivity index (χ4v) is 6.39. The van der Waals surface area contributed by atoms with Gasteiger partial charge in [-0.15, -0.1) is 11.3 Å². The topological polar surface area (TPSA) is 63.7 Å². The van der Waals surface area contributed by atoms with E-state index in [2.05, 4.69) is 15.2 Å². The van der Waals surface area contributed by atoms with Crippen molar-refractivity contribution in [3.05, 3.63) is 16.1 Å². The smallest absolute Gasteiger partial charge is 0.226 e. The molecule has 5 rings (SSSR count). The van der Waals surface area contributed by atoms with Crippen molar-refractivity contribution in [2.24, 2.45) is 11.8 Å². The van der Waals surface area contributed by atoms with Gasteiger partial charge in [-0.25, -0.2) is 4.98 Å². The van der Waals surface area contributed by atoms with Gasteiger partial charge in [0.2, 0.25) is 5.91 Å². The van der Waals surface area contributed by atoms with Gasteiger partial charge in [-0.3, -0.25) is 9.69 Å². The first-order valence-electron chi connectivity index (χ1n) is 10.3. The Morgan fingerprint density at radius 2 is 2.26 bits per heavy atom. The molecule has 6 nitrogen and oxygen atoms in total. The normalized spacial score (nSPS) is 36.3. The van der Waals surface area contributed by atoms with Gasteiger partial charge < -0.3 is 14.8 Å². The van der Waals surface area contributed by atoms with E-state index in [1.165, 1.54) is 6.42 Å². The number of rotatable bonds is 5. The van der Waals surface area contributed by atoms with E-state index in [4.69, 9.17) is 9.47 Å². The molecule has 1 N–H and O–H groups in total. The van der Waals surface area contributed by atoms with Gasteiger partial charge in [-0.05, 0) is 32.6 Å². The Hall–Kier alpha value is -1.02. The maximum Gasteiger partial charge on any atom is 0.226 e. The monoisotopic (exact) mass is 391 g/mol. The lowest BCUT2D eigenvalue weighted by molar-refractivity contribution is -0.120. The van der Waals surface area contributed by atoms with Crippen molar-refractivity contribution < 1.29 is 14.3 Å². The molecule has 1 amide bonds. The lowest BCUT2D eigenvalue weighted by Crippen LogP contribution is -2.42. The van der Waals surface area contributed by atoms with Gasteiger partial charge in [-0.2, -0.15) is 0 Å². The second-order valence-electron chi connectivity index (χ2n) is 8.64. The number of hydrogen-bond acceptors (Lipinski definition) is 6. The summed E-state index contributed by atoms with van der Waals surface area (Å²) in [5, 5.41) is 6.17. The van der Waals surface area contributed by atoms with E-state index in [0.717, 1.165) is 62.8 Å². The maximum atomic E-state index is 12.4. The van der Waals surface area contributed by atoms with Gasteiger partial charge in [0.15, 0.2) is 0 Å². The summed E-state index contributed by atoms with van der Waals surface area (Å²) < 4.78 is 12.1. The molecule has 1 spiro atoms. The van der Waals surface area contributed by atoms with Crippen LogP contribution in [0, 0.1) is 18.8 Å². The Balaban J connectivity index is 1.20. The minimum absolute atomic E-state index is 0.0460. The lowest BCUT2D eigenvalue weighted by atomic mass is 9.73. The van der Waals surface area contributed by atoms with Gasteiger partial charge >= 0.3 is 0 Å². The summed E-state index contributed by atoms with van der Waals surface area (Å²) in [6, 6.07) is 0.643. The van der Waals surface area contributed by atoms with Gasteiger partial charge in [0.05, 0.1) is 28.8 Å². The van der Waals surface area contributed by atoms with E-state index in [1.807, 2.05) is 12.3 Å².